The van der Waals surface area contributed by atoms with Crippen molar-refractivity contribution in [1.29, 1.82) is 0 Å². The molecule has 1 aromatic heterocycles. The van der Waals surface area contributed by atoms with Gasteiger partial charge in [0.1, 0.15) is 13.2 Å². The fourth-order valence-corrected chi connectivity index (χ4v) is 4.12. The zero-order chi connectivity index (χ0) is 20.9. The lowest BCUT2D eigenvalue weighted by Crippen LogP contribution is -2.43. The Morgan fingerprint density at radius 1 is 1.07 bits per heavy atom. The van der Waals surface area contributed by atoms with Gasteiger partial charge in [-0.25, -0.2) is 4.79 Å². The SMILES string of the molecule is Cc1cccc(CN2CCCN(C(=O)CN3C(=O)OCC3c3ccccc3)CC2)n1. The van der Waals surface area contributed by atoms with E-state index in [2.05, 4.69) is 9.88 Å². The van der Waals surface area contributed by atoms with Gasteiger partial charge in [0.15, 0.2) is 0 Å². The summed E-state index contributed by atoms with van der Waals surface area (Å²) in [6.07, 6.45) is 0.489. The molecule has 2 fully saturated rings. The second-order valence-electron chi connectivity index (χ2n) is 7.91. The molecule has 1 unspecified atom stereocenters. The van der Waals surface area contributed by atoms with Gasteiger partial charge >= 0.3 is 6.09 Å². The summed E-state index contributed by atoms with van der Waals surface area (Å²) in [5.41, 5.74) is 3.06. The summed E-state index contributed by atoms with van der Waals surface area (Å²) in [6.45, 7) is 6.21. The number of amides is 2. The van der Waals surface area contributed by atoms with Gasteiger partial charge in [-0.15, -0.1) is 0 Å². The predicted molar refractivity (Wildman–Crippen MR) is 113 cm³/mol. The quantitative estimate of drug-likeness (QED) is 0.761. The molecule has 7 nitrogen and oxygen atoms in total. The zero-order valence-corrected chi connectivity index (χ0v) is 17.4. The molecule has 0 bridgehead atoms. The Morgan fingerprint density at radius 2 is 1.90 bits per heavy atom. The third-order valence-electron chi connectivity index (χ3n) is 5.74. The van der Waals surface area contributed by atoms with Crippen molar-refractivity contribution in [2.75, 3.05) is 39.3 Å². The van der Waals surface area contributed by atoms with Crippen molar-refractivity contribution in [1.82, 2.24) is 19.7 Å². The second-order valence-corrected chi connectivity index (χ2v) is 7.91. The molecular formula is C23H28N4O3. The van der Waals surface area contributed by atoms with Crippen LogP contribution >= 0.6 is 0 Å². The van der Waals surface area contributed by atoms with Crippen molar-refractivity contribution in [3.63, 3.8) is 0 Å². The van der Waals surface area contributed by atoms with E-state index >= 15 is 0 Å². The topological polar surface area (TPSA) is 66.0 Å². The standard InChI is InChI=1S/C23H28N4O3/c1-18-7-5-10-20(24-18)15-25-11-6-12-26(14-13-25)22(28)16-27-21(17-30-23(27)29)19-8-3-2-4-9-19/h2-5,7-10,21H,6,11-17H2,1H3. The van der Waals surface area contributed by atoms with E-state index < -0.39 is 6.09 Å². The van der Waals surface area contributed by atoms with Crippen molar-refractivity contribution in [2.45, 2.75) is 25.9 Å². The maximum absolute atomic E-state index is 13.0. The monoisotopic (exact) mass is 408 g/mol. The molecule has 2 aromatic rings. The van der Waals surface area contributed by atoms with Gasteiger partial charge in [-0.05, 0) is 31.0 Å². The largest absolute Gasteiger partial charge is 0.447 e. The lowest BCUT2D eigenvalue weighted by Gasteiger charge is -2.26. The first-order valence-corrected chi connectivity index (χ1v) is 10.5. The molecule has 0 radical (unpaired) electrons. The summed E-state index contributed by atoms with van der Waals surface area (Å²) < 4.78 is 5.24. The molecule has 2 saturated heterocycles. The second kappa shape index (κ2) is 9.26. The highest BCUT2D eigenvalue weighted by Gasteiger charge is 2.36. The van der Waals surface area contributed by atoms with Gasteiger partial charge in [-0.3, -0.25) is 19.6 Å². The van der Waals surface area contributed by atoms with Crippen LogP contribution in [0.4, 0.5) is 4.79 Å². The Labute approximate surface area is 177 Å². The van der Waals surface area contributed by atoms with Crippen LogP contribution in [0.5, 0.6) is 0 Å². The molecule has 1 aromatic carbocycles. The fraction of sp³-hybridized carbons (Fsp3) is 0.435. The van der Waals surface area contributed by atoms with Gasteiger partial charge < -0.3 is 9.64 Å². The van der Waals surface area contributed by atoms with E-state index in [1.54, 1.807) is 4.90 Å². The highest BCUT2D eigenvalue weighted by atomic mass is 16.6. The number of cyclic esters (lactones) is 1. The van der Waals surface area contributed by atoms with Crippen molar-refractivity contribution < 1.29 is 14.3 Å². The van der Waals surface area contributed by atoms with Crippen LogP contribution in [0.2, 0.25) is 0 Å². The molecule has 7 heteroatoms. The molecule has 158 valence electrons. The van der Waals surface area contributed by atoms with Crippen LogP contribution in [0.3, 0.4) is 0 Å². The van der Waals surface area contributed by atoms with E-state index in [9.17, 15) is 9.59 Å². The van der Waals surface area contributed by atoms with Gasteiger partial charge in [-0.1, -0.05) is 36.4 Å². The molecule has 2 aliphatic heterocycles. The number of aryl methyl sites for hydroxylation is 1. The molecule has 30 heavy (non-hydrogen) atoms. The zero-order valence-electron chi connectivity index (χ0n) is 17.4. The molecule has 3 heterocycles. The number of ether oxygens (including phenoxy) is 1. The molecule has 0 aliphatic carbocycles. The number of benzene rings is 1. The van der Waals surface area contributed by atoms with E-state index in [0.29, 0.717) is 13.1 Å². The van der Waals surface area contributed by atoms with Crippen LogP contribution in [-0.4, -0.2) is 71.0 Å². The average molecular weight is 409 g/mol. The number of carbonyl (C=O) groups excluding carboxylic acids is 2. The minimum absolute atomic E-state index is 0.0229. The molecule has 0 spiro atoms. The van der Waals surface area contributed by atoms with Crippen molar-refractivity contribution >= 4 is 12.0 Å². The van der Waals surface area contributed by atoms with Crippen LogP contribution in [0.25, 0.3) is 0 Å². The Hall–Kier alpha value is -2.93. The summed E-state index contributed by atoms with van der Waals surface area (Å²) in [5.74, 6) is -0.0229. The summed E-state index contributed by atoms with van der Waals surface area (Å²) >= 11 is 0. The first-order valence-electron chi connectivity index (χ1n) is 10.5. The van der Waals surface area contributed by atoms with Crippen LogP contribution in [-0.2, 0) is 16.1 Å². The third kappa shape index (κ3) is 4.79. The van der Waals surface area contributed by atoms with E-state index in [1.165, 1.54) is 0 Å². The lowest BCUT2D eigenvalue weighted by molar-refractivity contribution is -0.131. The van der Waals surface area contributed by atoms with Gasteiger partial charge in [0.2, 0.25) is 5.91 Å². The molecule has 2 aliphatic rings. The number of carbonyl (C=O) groups is 2. The average Bonchev–Trinajstić information content (AvgIpc) is 2.95. The van der Waals surface area contributed by atoms with Crippen LogP contribution in [0, 0.1) is 6.92 Å². The molecule has 0 N–H and O–H groups in total. The molecule has 4 rings (SSSR count). The number of rotatable bonds is 5. The van der Waals surface area contributed by atoms with Gasteiger partial charge in [0.05, 0.1) is 11.7 Å². The summed E-state index contributed by atoms with van der Waals surface area (Å²) in [7, 11) is 0. The Balaban J connectivity index is 1.35. The van der Waals surface area contributed by atoms with Crippen LogP contribution in [0.1, 0.15) is 29.4 Å². The van der Waals surface area contributed by atoms with E-state index in [4.69, 9.17) is 4.74 Å². The Bertz CT molecular complexity index is 889. The van der Waals surface area contributed by atoms with Crippen molar-refractivity contribution in [3.05, 3.63) is 65.5 Å². The number of hydrogen-bond donors (Lipinski definition) is 0. The van der Waals surface area contributed by atoms with Gasteiger partial charge in [0, 0.05) is 38.4 Å². The molecule has 1 atom stereocenters. The number of hydrogen-bond acceptors (Lipinski definition) is 5. The Morgan fingerprint density at radius 3 is 2.70 bits per heavy atom. The first-order chi connectivity index (χ1) is 14.6. The number of pyridine rings is 1. The number of aromatic nitrogens is 1. The summed E-state index contributed by atoms with van der Waals surface area (Å²) in [5, 5.41) is 0. The lowest BCUT2D eigenvalue weighted by atomic mass is 10.1. The maximum Gasteiger partial charge on any atom is 0.410 e. The third-order valence-corrected chi connectivity index (χ3v) is 5.74. The maximum atomic E-state index is 13.0. The molecule has 0 saturated carbocycles. The van der Waals surface area contributed by atoms with E-state index in [1.807, 2.05) is 60.4 Å². The van der Waals surface area contributed by atoms with Crippen molar-refractivity contribution in [2.24, 2.45) is 0 Å². The number of nitrogens with zero attached hydrogens (tertiary/aromatic N) is 4. The summed E-state index contributed by atoms with van der Waals surface area (Å²) in [4.78, 5) is 35.6. The minimum Gasteiger partial charge on any atom is -0.447 e. The summed E-state index contributed by atoms with van der Waals surface area (Å²) in [6, 6.07) is 15.6. The normalized spacial score (nSPS) is 20.2. The van der Waals surface area contributed by atoms with Gasteiger partial charge in [-0.2, -0.15) is 0 Å². The highest BCUT2D eigenvalue weighted by molar-refractivity contribution is 5.83. The van der Waals surface area contributed by atoms with Gasteiger partial charge in [0.25, 0.3) is 0 Å². The van der Waals surface area contributed by atoms with E-state index in [0.717, 1.165) is 43.0 Å². The van der Waals surface area contributed by atoms with E-state index in [-0.39, 0.29) is 25.1 Å². The predicted octanol–water partition coefficient (Wildman–Crippen LogP) is 2.62. The first kappa shape index (κ1) is 20.3. The van der Waals surface area contributed by atoms with Crippen LogP contribution < -0.4 is 0 Å². The Kier molecular flexibility index (Phi) is 6.28. The van der Waals surface area contributed by atoms with Crippen molar-refractivity contribution in [3.8, 4) is 0 Å². The molecular weight excluding hydrogens is 380 g/mol. The molecule has 2 amide bonds. The highest BCUT2D eigenvalue weighted by Crippen LogP contribution is 2.27. The minimum atomic E-state index is -0.417. The van der Waals surface area contributed by atoms with Crippen LogP contribution in [0.15, 0.2) is 48.5 Å². The fourth-order valence-electron chi connectivity index (χ4n) is 4.12. The smallest absolute Gasteiger partial charge is 0.410 e.